The van der Waals surface area contributed by atoms with Gasteiger partial charge in [0.1, 0.15) is 6.54 Å². The number of hydrogen-bond donors (Lipinski definition) is 2. The lowest BCUT2D eigenvalue weighted by molar-refractivity contribution is -0.118. The molecule has 1 aromatic rings. The van der Waals surface area contributed by atoms with Crippen LogP contribution in [0.25, 0.3) is 0 Å². The van der Waals surface area contributed by atoms with Crippen LogP contribution in [0.4, 0.5) is 0 Å². The molecule has 1 atom stereocenters. The Labute approximate surface area is 82.3 Å². The van der Waals surface area contributed by atoms with E-state index < -0.39 is 0 Å². The molecule has 4 nitrogen and oxygen atoms in total. The van der Waals surface area contributed by atoms with Gasteiger partial charge in [-0.05, 0) is 24.8 Å². The maximum Gasteiger partial charge on any atom is 0.237 e. The number of nitrogens with zero attached hydrogens (tertiary/aromatic N) is 1. The van der Waals surface area contributed by atoms with Crippen LogP contribution in [0.15, 0.2) is 12.4 Å². The summed E-state index contributed by atoms with van der Waals surface area (Å²) in [4.78, 5) is 10.7. The summed E-state index contributed by atoms with van der Waals surface area (Å²) in [5.41, 5.74) is 7.19. The van der Waals surface area contributed by atoms with Crippen molar-refractivity contribution in [1.82, 2.24) is 4.57 Å². The van der Waals surface area contributed by atoms with Gasteiger partial charge in [0.15, 0.2) is 0 Å². The zero-order valence-corrected chi connectivity index (χ0v) is 7.94. The summed E-state index contributed by atoms with van der Waals surface area (Å²) in [5.74, 6) is -0.355. The Hall–Kier alpha value is -1.29. The molecule has 1 unspecified atom stereocenters. The fraction of sp³-hybridized carbons (Fsp3) is 0.500. The van der Waals surface area contributed by atoms with Crippen molar-refractivity contribution in [3.63, 3.8) is 0 Å². The first-order valence-corrected chi connectivity index (χ1v) is 4.82. The number of fused-ring (bicyclic) bond motifs is 1. The highest BCUT2D eigenvalue weighted by Crippen LogP contribution is 2.29. The van der Waals surface area contributed by atoms with Crippen molar-refractivity contribution in [2.24, 2.45) is 5.73 Å². The van der Waals surface area contributed by atoms with Crippen molar-refractivity contribution in [2.45, 2.75) is 31.9 Å². The largest absolute Gasteiger partial charge is 0.388 e. The third-order valence-corrected chi connectivity index (χ3v) is 2.62. The van der Waals surface area contributed by atoms with E-state index in [0.717, 1.165) is 30.4 Å². The van der Waals surface area contributed by atoms with Crippen LogP contribution in [0, 0.1) is 0 Å². The van der Waals surface area contributed by atoms with Crippen LogP contribution < -0.4 is 5.73 Å². The molecule has 4 heteroatoms. The third-order valence-electron chi connectivity index (χ3n) is 2.62. The first-order chi connectivity index (χ1) is 6.66. The number of carbonyl (C=O) groups excluding carboxylic acids is 1. The van der Waals surface area contributed by atoms with Gasteiger partial charge in [-0.1, -0.05) is 0 Å². The van der Waals surface area contributed by atoms with Gasteiger partial charge in [-0.2, -0.15) is 0 Å². The lowest BCUT2D eigenvalue weighted by atomic mass is 9.93. The summed E-state index contributed by atoms with van der Waals surface area (Å²) in [5, 5.41) is 9.68. The summed E-state index contributed by atoms with van der Waals surface area (Å²) in [6.07, 6.45) is 6.17. The molecule has 2 rings (SSSR count). The minimum atomic E-state index is -0.368. The van der Waals surface area contributed by atoms with Gasteiger partial charge in [-0.15, -0.1) is 0 Å². The number of hydrogen-bond acceptors (Lipinski definition) is 2. The number of nitrogens with two attached hydrogens (primary N) is 1. The highest BCUT2D eigenvalue weighted by atomic mass is 16.3. The van der Waals surface area contributed by atoms with Crippen molar-refractivity contribution < 1.29 is 9.90 Å². The predicted molar refractivity (Wildman–Crippen MR) is 51.5 cm³/mol. The number of carbonyl (C=O) groups is 1. The van der Waals surface area contributed by atoms with Crippen LogP contribution in [0.3, 0.4) is 0 Å². The van der Waals surface area contributed by atoms with Crippen LogP contribution in [0.1, 0.15) is 30.1 Å². The van der Waals surface area contributed by atoms with E-state index in [2.05, 4.69) is 0 Å². The van der Waals surface area contributed by atoms with Crippen LogP contribution in [0.5, 0.6) is 0 Å². The molecule has 0 spiro atoms. The second kappa shape index (κ2) is 3.46. The summed E-state index contributed by atoms with van der Waals surface area (Å²) in [6.45, 7) is 0.194. The molecule has 76 valence electrons. The van der Waals surface area contributed by atoms with Gasteiger partial charge < -0.3 is 15.4 Å². The van der Waals surface area contributed by atoms with E-state index in [1.54, 1.807) is 4.57 Å². The fourth-order valence-corrected chi connectivity index (χ4v) is 2.00. The number of aromatic nitrogens is 1. The van der Waals surface area contributed by atoms with Gasteiger partial charge in [-0.25, -0.2) is 0 Å². The first-order valence-electron chi connectivity index (χ1n) is 4.82. The molecule has 1 amide bonds. The van der Waals surface area contributed by atoms with Gasteiger partial charge in [0.05, 0.1) is 6.10 Å². The minimum Gasteiger partial charge on any atom is -0.388 e. The molecule has 1 aromatic heterocycles. The highest BCUT2D eigenvalue weighted by molar-refractivity contribution is 5.73. The molecule has 0 radical (unpaired) electrons. The van der Waals surface area contributed by atoms with E-state index in [9.17, 15) is 9.90 Å². The molecule has 3 N–H and O–H groups in total. The molecule has 1 heterocycles. The molecule has 0 saturated heterocycles. The average Bonchev–Trinajstić information content (AvgIpc) is 2.47. The molecule has 0 bridgehead atoms. The molecule has 0 fully saturated rings. The predicted octanol–water partition coefficient (Wildman–Crippen LogP) is 0.343. The van der Waals surface area contributed by atoms with E-state index in [4.69, 9.17) is 5.73 Å². The van der Waals surface area contributed by atoms with Crippen molar-refractivity contribution in [1.29, 1.82) is 0 Å². The Bertz CT molecular complexity index is 357. The topological polar surface area (TPSA) is 68.2 Å². The van der Waals surface area contributed by atoms with E-state index in [0.29, 0.717) is 0 Å². The van der Waals surface area contributed by atoms with E-state index >= 15 is 0 Å². The highest BCUT2D eigenvalue weighted by Gasteiger charge is 2.19. The van der Waals surface area contributed by atoms with E-state index in [-0.39, 0.29) is 18.6 Å². The van der Waals surface area contributed by atoms with Crippen LogP contribution in [-0.4, -0.2) is 15.6 Å². The van der Waals surface area contributed by atoms with E-state index in [1.807, 2.05) is 12.4 Å². The summed E-state index contributed by atoms with van der Waals surface area (Å²) >= 11 is 0. The number of amides is 1. The smallest absolute Gasteiger partial charge is 0.237 e. The monoisotopic (exact) mass is 194 g/mol. The standard InChI is InChI=1S/C10H14N2O2/c11-10(14)6-12-4-7-2-1-3-9(13)8(7)5-12/h4-5,9,13H,1-3,6H2,(H2,11,14). The number of aliphatic hydroxyl groups excluding tert-OH is 1. The van der Waals surface area contributed by atoms with Crippen LogP contribution >= 0.6 is 0 Å². The maximum atomic E-state index is 10.7. The Balaban J connectivity index is 2.26. The number of primary amides is 1. The van der Waals surface area contributed by atoms with Crippen molar-refractivity contribution >= 4 is 5.91 Å². The molecule has 1 aliphatic rings. The van der Waals surface area contributed by atoms with E-state index in [1.165, 1.54) is 0 Å². The van der Waals surface area contributed by atoms with Crippen molar-refractivity contribution in [3.05, 3.63) is 23.5 Å². The SMILES string of the molecule is NC(=O)Cn1cc2c(c1)C(O)CCC2. The lowest BCUT2D eigenvalue weighted by Gasteiger charge is -2.16. The molecule has 0 aromatic carbocycles. The Morgan fingerprint density at radius 2 is 2.43 bits per heavy atom. The van der Waals surface area contributed by atoms with Gasteiger partial charge in [0, 0.05) is 18.0 Å². The number of aliphatic hydroxyl groups is 1. The van der Waals surface area contributed by atoms with Gasteiger partial charge in [-0.3, -0.25) is 4.79 Å². The third kappa shape index (κ3) is 1.65. The Morgan fingerprint density at radius 3 is 3.07 bits per heavy atom. The first kappa shape index (κ1) is 9.27. The van der Waals surface area contributed by atoms with Crippen molar-refractivity contribution in [3.8, 4) is 0 Å². The second-order valence-corrected chi connectivity index (χ2v) is 3.79. The lowest BCUT2D eigenvalue weighted by Crippen LogP contribution is -2.17. The number of rotatable bonds is 2. The average molecular weight is 194 g/mol. The van der Waals surface area contributed by atoms with Crippen LogP contribution in [0.2, 0.25) is 0 Å². The molecule has 14 heavy (non-hydrogen) atoms. The normalized spacial score (nSPS) is 20.5. The molecule has 0 saturated carbocycles. The summed E-state index contributed by atoms with van der Waals surface area (Å²) in [6, 6.07) is 0. The minimum absolute atomic E-state index is 0.194. The molecule has 0 aliphatic heterocycles. The second-order valence-electron chi connectivity index (χ2n) is 3.79. The summed E-state index contributed by atoms with van der Waals surface area (Å²) in [7, 11) is 0. The molecular weight excluding hydrogens is 180 g/mol. The Morgan fingerprint density at radius 1 is 1.64 bits per heavy atom. The van der Waals surface area contributed by atoms with Gasteiger partial charge in [0.2, 0.25) is 5.91 Å². The van der Waals surface area contributed by atoms with Crippen LogP contribution in [-0.2, 0) is 17.8 Å². The quantitative estimate of drug-likeness (QED) is 0.713. The molecular formula is C10H14N2O2. The number of aryl methyl sites for hydroxylation is 1. The molecule has 1 aliphatic carbocycles. The maximum absolute atomic E-state index is 10.7. The van der Waals surface area contributed by atoms with Gasteiger partial charge in [0.25, 0.3) is 0 Å². The summed E-state index contributed by atoms with van der Waals surface area (Å²) < 4.78 is 1.75. The Kier molecular flexibility index (Phi) is 2.29. The van der Waals surface area contributed by atoms with Crippen molar-refractivity contribution in [2.75, 3.05) is 0 Å². The zero-order chi connectivity index (χ0) is 10.1. The zero-order valence-electron chi connectivity index (χ0n) is 7.94. The van der Waals surface area contributed by atoms with Gasteiger partial charge >= 0.3 is 0 Å². The fourth-order valence-electron chi connectivity index (χ4n) is 2.00.